The van der Waals surface area contributed by atoms with Gasteiger partial charge in [-0.25, -0.2) is 8.42 Å². The molecular formula is C13H23ClN2O4S. The van der Waals surface area contributed by atoms with Gasteiger partial charge in [0.05, 0.1) is 18.0 Å². The van der Waals surface area contributed by atoms with Crippen molar-refractivity contribution in [3.63, 3.8) is 0 Å². The Labute approximate surface area is 132 Å². The van der Waals surface area contributed by atoms with Gasteiger partial charge in [-0.2, -0.15) is 0 Å². The minimum absolute atomic E-state index is 0. The van der Waals surface area contributed by atoms with Crippen molar-refractivity contribution in [2.75, 3.05) is 17.5 Å². The molecule has 0 radical (unpaired) electrons. The number of aliphatic hydroxyl groups excluding tert-OH is 1. The smallest absolute Gasteiger partial charge is 0.229 e. The van der Waals surface area contributed by atoms with E-state index in [1.807, 2.05) is 20.8 Å². The summed E-state index contributed by atoms with van der Waals surface area (Å²) in [5, 5.41) is 22.8. The largest absolute Gasteiger partial charge is 0.506 e. The predicted octanol–water partition coefficient (Wildman–Crippen LogP) is 1.61. The van der Waals surface area contributed by atoms with E-state index >= 15 is 0 Å². The van der Waals surface area contributed by atoms with Crippen LogP contribution < -0.4 is 10.0 Å². The Kier molecular flexibility index (Phi) is 6.95. The standard InChI is InChI=1S/C13H22N2O4S.ClH/c1-13(2,3)14-8-12(17)9-5-6-11(16)10(7-9)15-20(4,18)19;/h5-7,12,14-17H,8H2,1-4H3;1H. The molecular weight excluding hydrogens is 316 g/mol. The van der Waals surface area contributed by atoms with Crippen LogP contribution in [-0.2, 0) is 10.0 Å². The molecule has 0 aliphatic rings. The number of nitrogens with one attached hydrogen (secondary N) is 2. The molecule has 6 nitrogen and oxygen atoms in total. The predicted molar refractivity (Wildman–Crippen MR) is 86.5 cm³/mol. The number of phenols is 1. The number of halogens is 1. The summed E-state index contributed by atoms with van der Waals surface area (Å²) in [7, 11) is -3.48. The molecule has 1 rings (SSSR count). The van der Waals surface area contributed by atoms with E-state index in [4.69, 9.17) is 0 Å². The molecule has 0 fully saturated rings. The highest BCUT2D eigenvalue weighted by atomic mass is 35.5. The number of hydrogen-bond donors (Lipinski definition) is 4. The van der Waals surface area contributed by atoms with Gasteiger partial charge in [0.2, 0.25) is 10.0 Å². The third-order valence-corrected chi connectivity index (χ3v) is 3.12. The summed E-state index contributed by atoms with van der Waals surface area (Å²) in [4.78, 5) is 0. The first-order chi connectivity index (χ1) is 8.98. The summed E-state index contributed by atoms with van der Waals surface area (Å²) in [6, 6.07) is 4.33. The molecule has 21 heavy (non-hydrogen) atoms. The van der Waals surface area contributed by atoms with Crippen LogP contribution in [0.4, 0.5) is 5.69 Å². The Bertz CT molecular complexity index is 570. The number of phenolic OH excluding ortho intramolecular Hbond substituents is 1. The van der Waals surface area contributed by atoms with Gasteiger partial charge in [0.15, 0.2) is 0 Å². The van der Waals surface area contributed by atoms with Crippen molar-refractivity contribution in [2.45, 2.75) is 32.4 Å². The van der Waals surface area contributed by atoms with Gasteiger partial charge in [0.1, 0.15) is 5.75 Å². The van der Waals surface area contributed by atoms with E-state index in [0.717, 1.165) is 6.26 Å². The second-order valence-electron chi connectivity index (χ2n) is 5.80. The highest BCUT2D eigenvalue weighted by molar-refractivity contribution is 7.92. The normalized spacial score (nSPS) is 13.4. The lowest BCUT2D eigenvalue weighted by Crippen LogP contribution is -2.38. The maximum atomic E-state index is 11.2. The fourth-order valence-electron chi connectivity index (χ4n) is 1.56. The molecule has 1 aromatic rings. The topological polar surface area (TPSA) is 98.7 Å². The van der Waals surface area contributed by atoms with Crippen molar-refractivity contribution in [3.8, 4) is 5.75 Å². The Morgan fingerprint density at radius 3 is 2.33 bits per heavy atom. The summed E-state index contributed by atoms with van der Waals surface area (Å²) in [5.74, 6) is -0.185. The Morgan fingerprint density at radius 1 is 1.29 bits per heavy atom. The summed E-state index contributed by atoms with van der Waals surface area (Å²) >= 11 is 0. The van der Waals surface area contributed by atoms with Crippen LogP contribution in [0.1, 0.15) is 32.4 Å². The lowest BCUT2D eigenvalue weighted by molar-refractivity contribution is 0.163. The highest BCUT2D eigenvalue weighted by Gasteiger charge is 2.15. The van der Waals surface area contributed by atoms with Gasteiger partial charge in [0.25, 0.3) is 0 Å². The van der Waals surface area contributed by atoms with Crippen LogP contribution in [0.5, 0.6) is 5.75 Å². The van der Waals surface area contributed by atoms with Gasteiger partial charge >= 0.3 is 0 Å². The zero-order valence-corrected chi connectivity index (χ0v) is 14.2. The minimum atomic E-state index is -3.48. The molecule has 1 unspecified atom stereocenters. The number of aromatic hydroxyl groups is 1. The monoisotopic (exact) mass is 338 g/mol. The van der Waals surface area contributed by atoms with Crippen LogP contribution in [0.15, 0.2) is 18.2 Å². The van der Waals surface area contributed by atoms with Crippen LogP contribution in [-0.4, -0.2) is 37.0 Å². The lowest BCUT2D eigenvalue weighted by atomic mass is 10.1. The van der Waals surface area contributed by atoms with Crippen molar-refractivity contribution in [1.29, 1.82) is 0 Å². The van der Waals surface area contributed by atoms with E-state index in [1.165, 1.54) is 12.1 Å². The van der Waals surface area contributed by atoms with Gasteiger partial charge in [-0.15, -0.1) is 12.4 Å². The average molecular weight is 339 g/mol. The van der Waals surface area contributed by atoms with Crippen LogP contribution in [0.2, 0.25) is 0 Å². The maximum absolute atomic E-state index is 11.2. The molecule has 1 aromatic carbocycles. The fraction of sp³-hybridized carbons (Fsp3) is 0.538. The van der Waals surface area contributed by atoms with Gasteiger partial charge in [-0.3, -0.25) is 4.72 Å². The lowest BCUT2D eigenvalue weighted by Gasteiger charge is -2.23. The molecule has 0 aliphatic heterocycles. The van der Waals surface area contributed by atoms with Crippen LogP contribution in [0.3, 0.4) is 0 Å². The number of benzene rings is 1. The molecule has 122 valence electrons. The van der Waals surface area contributed by atoms with Crippen LogP contribution in [0.25, 0.3) is 0 Å². The number of sulfonamides is 1. The van der Waals surface area contributed by atoms with Crippen molar-refractivity contribution in [1.82, 2.24) is 5.32 Å². The van der Waals surface area contributed by atoms with Crippen LogP contribution >= 0.6 is 12.4 Å². The SMILES string of the molecule is CC(C)(C)NCC(O)c1ccc(O)c(NS(C)(=O)=O)c1.Cl. The average Bonchev–Trinajstić information content (AvgIpc) is 2.26. The Hall–Kier alpha value is -1.02. The third kappa shape index (κ3) is 7.52. The minimum Gasteiger partial charge on any atom is -0.506 e. The van der Waals surface area contributed by atoms with E-state index in [-0.39, 0.29) is 29.4 Å². The molecule has 1 atom stereocenters. The molecule has 0 saturated heterocycles. The van der Waals surface area contributed by atoms with Gasteiger partial charge in [0, 0.05) is 12.1 Å². The zero-order chi connectivity index (χ0) is 15.6. The molecule has 0 heterocycles. The van der Waals surface area contributed by atoms with E-state index in [2.05, 4.69) is 10.0 Å². The van der Waals surface area contributed by atoms with Gasteiger partial charge in [-0.05, 0) is 38.5 Å². The van der Waals surface area contributed by atoms with Crippen molar-refractivity contribution < 1.29 is 18.6 Å². The molecule has 0 spiro atoms. The summed E-state index contributed by atoms with van der Waals surface area (Å²) in [5.41, 5.74) is 0.441. The van der Waals surface area contributed by atoms with E-state index in [1.54, 1.807) is 6.07 Å². The first-order valence-corrected chi connectivity index (χ1v) is 8.11. The molecule has 4 N–H and O–H groups in total. The number of anilines is 1. The highest BCUT2D eigenvalue weighted by Crippen LogP contribution is 2.27. The second kappa shape index (κ2) is 7.31. The molecule has 0 aliphatic carbocycles. The number of aliphatic hydroxyl groups is 1. The first kappa shape index (κ1) is 20.0. The van der Waals surface area contributed by atoms with Gasteiger partial charge in [-0.1, -0.05) is 6.07 Å². The third-order valence-electron chi connectivity index (χ3n) is 2.53. The summed E-state index contributed by atoms with van der Waals surface area (Å²) in [6.07, 6.45) is 0.200. The molecule has 0 bridgehead atoms. The number of rotatable bonds is 5. The maximum Gasteiger partial charge on any atom is 0.229 e. The van der Waals surface area contributed by atoms with Crippen molar-refractivity contribution >= 4 is 28.1 Å². The Balaban J connectivity index is 0.00000400. The van der Waals surface area contributed by atoms with Crippen LogP contribution in [0, 0.1) is 0 Å². The van der Waals surface area contributed by atoms with E-state index in [0.29, 0.717) is 12.1 Å². The molecule has 8 heteroatoms. The fourth-order valence-corrected chi connectivity index (χ4v) is 2.13. The molecule has 0 saturated carbocycles. The zero-order valence-electron chi connectivity index (χ0n) is 12.5. The van der Waals surface area contributed by atoms with Crippen molar-refractivity contribution in [3.05, 3.63) is 23.8 Å². The first-order valence-electron chi connectivity index (χ1n) is 6.22. The number of hydrogen-bond acceptors (Lipinski definition) is 5. The van der Waals surface area contributed by atoms with Crippen molar-refractivity contribution in [2.24, 2.45) is 0 Å². The summed E-state index contributed by atoms with van der Waals surface area (Å²) < 4.78 is 24.6. The number of β-amino-alcohol motifs (C(OH)–C–C–N with tert-alkyl or cyclic N) is 1. The quantitative estimate of drug-likeness (QED) is 0.611. The second-order valence-corrected chi connectivity index (χ2v) is 7.55. The van der Waals surface area contributed by atoms with Gasteiger partial charge < -0.3 is 15.5 Å². The molecule has 0 aromatic heterocycles. The van der Waals surface area contributed by atoms with E-state index in [9.17, 15) is 18.6 Å². The van der Waals surface area contributed by atoms with E-state index < -0.39 is 16.1 Å². The Morgan fingerprint density at radius 2 is 1.86 bits per heavy atom. The summed E-state index contributed by atoms with van der Waals surface area (Å²) in [6.45, 7) is 6.26. The molecule has 0 amide bonds.